The highest BCUT2D eigenvalue weighted by molar-refractivity contribution is 9.10. The quantitative estimate of drug-likeness (QED) is 0.161. The third-order valence-corrected chi connectivity index (χ3v) is 19.0. The fourth-order valence-electron chi connectivity index (χ4n) is 11.7. The summed E-state index contributed by atoms with van der Waals surface area (Å²) in [5.74, 6) is 0. The zero-order valence-electron chi connectivity index (χ0n) is 48.7. The number of fused-ring (bicyclic) bond motifs is 12. The van der Waals surface area contributed by atoms with E-state index in [-0.39, 0.29) is 22.4 Å². The van der Waals surface area contributed by atoms with Crippen LogP contribution in [0, 0.1) is 0 Å². The number of hydrogen-bond acceptors (Lipinski definition) is 8. The molecule has 12 aromatic rings. The lowest BCUT2D eigenvalue weighted by molar-refractivity contribution is 0.00578. The van der Waals surface area contributed by atoms with Crippen molar-refractivity contribution in [3.8, 4) is 22.3 Å². The maximum atomic E-state index is 6.52. The number of hydrogen-bond donors (Lipinski definition) is 0. The third kappa shape index (κ3) is 9.17. The molecular weight excluding hydrogens is 1080 g/mol. The van der Waals surface area contributed by atoms with Crippen molar-refractivity contribution in [1.82, 2.24) is 0 Å². The smallest absolute Gasteiger partial charge is 0.455 e. The Morgan fingerprint density at radius 3 is 1.06 bits per heavy atom. The lowest BCUT2D eigenvalue weighted by Gasteiger charge is -2.32. The van der Waals surface area contributed by atoms with E-state index in [1.54, 1.807) is 0 Å². The molecular formula is C70H66B3BrO8. The monoisotopic (exact) mass is 1150 g/mol. The van der Waals surface area contributed by atoms with Crippen LogP contribution in [0.25, 0.3) is 109 Å². The van der Waals surface area contributed by atoms with Crippen LogP contribution < -0.4 is 5.46 Å². The molecule has 3 aliphatic heterocycles. The Labute approximate surface area is 488 Å². The van der Waals surface area contributed by atoms with Gasteiger partial charge in [-0.3, -0.25) is 0 Å². The molecule has 5 heterocycles. The summed E-state index contributed by atoms with van der Waals surface area (Å²) >= 11 is 3.78. The van der Waals surface area contributed by atoms with Gasteiger partial charge in [0.25, 0.3) is 0 Å². The Morgan fingerprint density at radius 1 is 0.317 bits per heavy atom. The van der Waals surface area contributed by atoms with Crippen LogP contribution in [0.3, 0.4) is 0 Å². The van der Waals surface area contributed by atoms with E-state index in [0.717, 1.165) is 86.5 Å². The van der Waals surface area contributed by atoms with E-state index in [0.29, 0.717) is 0 Å². The van der Waals surface area contributed by atoms with E-state index in [4.69, 9.17) is 36.8 Å². The van der Waals surface area contributed by atoms with Crippen molar-refractivity contribution in [2.75, 3.05) is 0 Å². The first-order valence-electron chi connectivity index (χ1n) is 28.4. The Morgan fingerprint density at radius 2 is 0.634 bits per heavy atom. The second kappa shape index (κ2) is 19.7. The maximum absolute atomic E-state index is 6.52. The first kappa shape index (κ1) is 54.5. The SMILES string of the molecule is Brc1cc(-c2cc3ccccc3c3oc4ccccc4c23)cc2ccccc12.CC1(C)OB(B2OC(C)(C)C(C)(C)O2)OC1(C)C.CC1(C)OB(c2cc(-c3cc4ccccc4c4oc5ccccc5c34)cc3ccccc23)OC1(C)C. The Balaban J connectivity index is 0.000000122. The molecule has 3 saturated heterocycles. The summed E-state index contributed by atoms with van der Waals surface area (Å²) in [7, 11) is -1.40. The molecule has 0 bridgehead atoms. The van der Waals surface area contributed by atoms with Crippen LogP contribution in [0.1, 0.15) is 83.1 Å². The number of halogens is 1. The van der Waals surface area contributed by atoms with Gasteiger partial charge in [-0.1, -0.05) is 155 Å². The van der Waals surface area contributed by atoms with E-state index in [1.807, 2.05) is 79.7 Å². The number of para-hydroxylation sites is 2. The molecule has 0 aliphatic carbocycles. The molecule has 10 aromatic carbocycles. The summed E-state index contributed by atoms with van der Waals surface area (Å²) in [6.07, 6.45) is 0. The van der Waals surface area contributed by atoms with E-state index >= 15 is 0 Å². The van der Waals surface area contributed by atoms with Crippen molar-refractivity contribution in [2.24, 2.45) is 0 Å². The Kier molecular flexibility index (Phi) is 13.1. The molecule has 0 spiro atoms. The minimum absolute atomic E-state index is 0.360. The lowest BCUT2D eigenvalue weighted by Crippen LogP contribution is -2.41. The van der Waals surface area contributed by atoms with Crippen LogP contribution >= 0.6 is 15.9 Å². The van der Waals surface area contributed by atoms with E-state index in [1.165, 1.54) is 32.7 Å². The molecule has 3 aliphatic rings. The number of rotatable bonds is 4. The Bertz CT molecular complexity index is 4420. The number of furan rings is 2. The highest BCUT2D eigenvalue weighted by atomic mass is 79.9. The van der Waals surface area contributed by atoms with Crippen molar-refractivity contribution in [1.29, 1.82) is 0 Å². The molecule has 3 fully saturated rings. The molecule has 0 radical (unpaired) electrons. The summed E-state index contributed by atoms with van der Waals surface area (Å²) in [6.45, 7) is 24.6. The maximum Gasteiger partial charge on any atom is 0.495 e. The molecule has 0 amide bonds. The molecule has 0 unspecified atom stereocenters. The fourth-order valence-corrected chi connectivity index (χ4v) is 12.3. The van der Waals surface area contributed by atoms with E-state index in [9.17, 15) is 0 Å². The van der Waals surface area contributed by atoms with Crippen LogP contribution in [-0.4, -0.2) is 54.7 Å². The average molecular weight is 1150 g/mol. The van der Waals surface area contributed by atoms with Crippen LogP contribution in [0.4, 0.5) is 0 Å². The van der Waals surface area contributed by atoms with Crippen molar-refractivity contribution >= 4 is 129 Å². The van der Waals surface area contributed by atoms with Gasteiger partial charge in [0.2, 0.25) is 0 Å². The first-order valence-corrected chi connectivity index (χ1v) is 29.2. The van der Waals surface area contributed by atoms with Crippen molar-refractivity contribution in [3.63, 3.8) is 0 Å². The molecule has 2 aromatic heterocycles. The predicted octanol–water partition coefficient (Wildman–Crippen LogP) is 18.4. The minimum Gasteiger partial charge on any atom is -0.455 e. The van der Waals surface area contributed by atoms with E-state index in [2.05, 4.69) is 201 Å². The molecule has 15 rings (SSSR count). The first-order chi connectivity index (χ1) is 39.0. The van der Waals surface area contributed by atoms with Crippen LogP contribution in [0.15, 0.2) is 195 Å². The molecule has 0 saturated carbocycles. The van der Waals surface area contributed by atoms with Gasteiger partial charge in [0.1, 0.15) is 22.3 Å². The van der Waals surface area contributed by atoms with Crippen LogP contribution in [-0.2, 0) is 27.9 Å². The summed E-state index contributed by atoms with van der Waals surface area (Å²) in [5, 5.41) is 14.0. The summed E-state index contributed by atoms with van der Waals surface area (Å²) < 4.78 is 50.8. The normalized spacial score (nSPS) is 18.5. The third-order valence-electron chi connectivity index (χ3n) is 18.3. The Hall–Kier alpha value is -6.73. The highest BCUT2D eigenvalue weighted by Gasteiger charge is 2.64. The van der Waals surface area contributed by atoms with Gasteiger partial charge in [0, 0.05) is 36.8 Å². The summed E-state index contributed by atoms with van der Waals surface area (Å²) in [5.41, 5.74) is 7.16. The zero-order chi connectivity index (χ0) is 57.3. The van der Waals surface area contributed by atoms with Gasteiger partial charge < -0.3 is 36.8 Å². The van der Waals surface area contributed by atoms with E-state index < -0.39 is 32.3 Å². The second-order valence-corrected chi connectivity index (χ2v) is 26.1. The highest BCUT2D eigenvalue weighted by Crippen LogP contribution is 2.47. The molecule has 0 atom stereocenters. The standard InChI is InChI=1S/C32H27BO3.C26H15BrO.C12H24B2O4/c1-31(2)32(3,4)36-33(35-31)27-19-22(17-20-11-5-7-13-23(20)27)26-18-21-12-6-8-14-24(21)30-29(26)25-15-9-10-16-28(25)34-30;27-23-15-18(13-16-7-1-3-9-19(16)23)22-14-17-8-2-4-10-20(17)26-25(22)21-11-5-6-12-24(21)28-26;1-9(2)10(3,4)16-13(15-9)14-17-11(5,6)12(7,8)18-14/h5-19H,1-4H3;1-15H;1-8H3. The summed E-state index contributed by atoms with van der Waals surface area (Å²) in [6, 6.07) is 64.0. The van der Waals surface area contributed by atoms with Gasteiger partial charge in [-0.15, -0.1) is 0 Å². The summed E-state index contributed by atoms with van der Waals surface area (Å²) in [4.78, 5) is 0. The van der Waals surface area contributed by atoms with Crippen molar-refractivity contribution in [3.05, 3.63) is 186 Å². The zero-order valence-corrected chi connectivity index (χ0v) is 50.3. The number of benzene rings is 10. The van der Waals surface area contributed by atoms with Crippen LogP contribution in [0.2, 0.25) is 0 Å². The second-order valence-electron chi connectivity index (χ2n) is 25.2. The van der Waals surface area contributed by atoms with Gasteiger partial charge in [-0.25, -0.2) is 0 Å². The largest absolute Gasteiger partial charge is 0.495 e. The minimum atomic E-state index is -0.476. The molecule has 0 N–H and O–H groups in total. The van der Waals surface area contributed by atoms with Gasteiger partial charge in [0.05, 0.1) is 33.6 Å². The molecule has 410 valence electrons. The predicted molar refractivity (Wildman–Crippen MR) is 344 cm³/mol. The lowest BCUT2D eigenvalue weighted by atomic mass is 9.49. The van der Waals surface area contributed by atoms with Crippen molar-refractivity contribution < 1.29 is 36.8 Å². The van der Waals surface area contributed by atoms with Crippen LogP contribution in [0.5, 0.6) is 0 Å². The van der Waals surface area contributed by atoms with Gasteiger partial charge >= 0.3 is 21.1 Å². The molecule has 8 nitrogen and oxygen atoms in total. The van der Waals surface area contributed by atoms with Gasteiger partial charge in [-0.2, -0.15) is 0 Å². The van der Waals surface area contributed by atoms with Gasteiger partial charge in [0.15, 0.2) is 0 Å². The van der Waals surface area contributed by atoms with Gasteiger partial charge in [-0.05, 0) is 186 Å². The molecule has 12 heteroatoms. The molecule has 82 heavy (non-hydrogen) atoms. The topological polar surface area (TPSA) is 81.7 Å². The van der Waals surface area contributed by atoms with Crippen molar-refractivity contribution in [2.45, 2.75) is 117 Å². The fraction of sp³-hybridized carbons (Fsp3) is 0.257. The average Bonchev–Trinajstić information content (AvgIpc) is 3.85.